The van der Waals surface area contributed by atoms with Crippen LogP contribution in [0.4, 0.5) is 13.2 Å². The van der Waals surface area contributed by atoms with E-state index in [0.717, 1.165) is 0 Å². The Morgan fingerprint density at radius 3 is 2.47 bits per heavy atom. The molecule has 0 spiro atoms. The highest BCUT2D eigenvalue weighted by atomic mass is 19.4. The van der Waals surface area contributed by atoms with Crippen molar-refractivity contribution in [1.29, 1.82) is 0 Å². The van der Waals surface area contributed by atoms with Crippen molar-refractivity contribution in [2.24, 2.45) is 5.73 Å². The van der Waals surface area contributed by atoms with E-state index in [9.17, 15) is 13.2 Å². The fourth-order valence-corrected chi connectivity index (χ4v) is 2.35. The van der Waals surface area contributed by atoms with Gasteiger partial charge in [0.2, 0.25) is 0 Å². The SMILES string of the molecule is CCC1COC(C)CN1C(C(C)N)C(F)(F)F. The molecular formula is C11H21F3N2O. The second-order valence-electron chi connectivity index (χ2n) is 4.75. The third kappa shape index (κ3) is 3.56. The Labute approximate surface area is 100 Å². The molecule has 1 fully saturated rings. The van der Waals surface area contributed by atoms with Gasteiger partial charge in [-0.25, -0.2) is 0 Å². The van der Waals surface area contributed by atoms with Crippen molar-refractivity contribution in [2.45, 2.75) is 57.6 Å². The normalized spacial score (nSPS) is 31.2. The van der Waals surface area contributed by atoms with Crippen molar-refractivity contribution < 1.29 is 17.9 Å². The number of nitrogens with two attached hydrogens (primary N) is 1. The van der Waals surface area contributed by atoms with E-state index in [1.54, 1.807) is 6.92 Å². The highest BCUT2D eigenvalue weighted by Crippen LogP contribution is 2.30. The summed E-state index contributed by atoms with van der Waals surface area (Å²) in [6, 6.07) is -2.73. The maximum absolute atomic E-state index is 13.0. The van der Waals surface area contributed by atoms with Gasteiger partial charge in [-0.2, -0.15) is 13.2 Å². The van der Waals surface area contributed by atoms with Crippen molar-refractivity contribution in [3.63, 3.8) is 0 Å². The molecular weight excluding hydrogens is 233 g/mol. The Kier molecular flexibility index (Phi) is 4.80. The molecule has 1 heterocycles. The summed E-state index contributed by atoms with van der Waals surface area (Å²) in [5.41, 5.74) is 5.51. The molecule has 0 aromatic rings. The van der Waals surface area contributed by atoms with Crippen LogP contribution in [0, 0.1) is 0 Å². The number of hydrogen-bond acceptors (Lipinski definition) is 3. The number of morpholine rings is 1. The van der Waals surface area contributed by atoms with E-state index < -0.39 is 18.3 Å². The Balaban J connectivity index is 2.90. The van der Waals surface area contributed by atoms with Gasteiger partial charge in [0, 0.05) is 18.6 Å². The highest BCUT2D eigenvalue weighted by Gasteiger charge is 2.48. The van der Waals surface area contributed by atoms with Gasteiger partial charge in [-0.3, -0.25) is 4.90 Å². The van der Waals surface area contributed by atoms with Crippen LogP contribution < -0.4 is 5.73 Å². The predicted octanol–water partition coefficient (Wildman–Crippen LogP) is 1.76. The minimum atomic E-state index is -4.29. The molecule has 0 aliphatic carbocycles. The zero-order chi connectivity index (χ0) is 13.2. The third-order valence-electron chi connectivity index (χ3n) is 3.17. The van der Waals surface area contributed by atoms with E-state index in [1.807, 2.05) is 6.92 Å². The second kappa shape index (κ2) is 5.54. The maximum Gasteiger partial charge on any atom is 0.405 e. The molecule has 4 unspecified atom stereocenters. The van der Waals surface area contributed by atoms with Crippen molar-refractivity contribution >= 4 is 0 Å². The van der Waals surface area contributed by atoms with Crippen molar-refractivity contribution in [3.05, 3.63) is 0 Å². The van der Waals surface area contributed by atoms with Crippen LogP contribution in [0.2, 0.25) is 0 Å². The molecule has 17 heavy (non-hydrogen) atoms. The summed E-state index contributed by atoms with van der Waals surface area (Å²) in [7, 11) is 0. The number of alkyl halides is 3. The fraction of sp³-hybridized carbons (Fsp3) is 1.00. The average molecular weight is 254 g/mol. The zero-order valence-corrected chi connectivity index (χ0v) is 10.5. The van der Waals surface area contributed by atoms with Crippen LogP contribution in [-0.4, -0.2) is 48.5 Å². The number of nitrogens with zero attached hydrogens (tertiary/aromatic N) is 1. The standard InChI is InChI=1S/C11H21F3N2O/c1-4-9-6-17-7(2)5-16(9)10(8(3)15)11(12,13)14/h7-10H,4-6,15H2,1-3H3. The summed E-state index contributed by atoms with van der Waals surface area (Å²) in [5, 5.41) is 0. The average Bonchev–Trinajstić information content (AvgIpc) is 2.15. The van der Waals surface area contributed by atoms with Crippen molar-refractivity contribution in [2.75, 3.05) is 13.2 Å². The molecule has 0 aromatic heterocycles. The molecule has 1 aliphatic heterocycles. The number of ether oxygens (including phenoxy) is 1. The molecule has 1 aliphatic rings. The summed E-state index contributed by atoms with van der Waals surface area (Å²) < 4.78 is 44.5. The smallest absolute Gasteiger partial charge is 0.376 e. The zero-order valence-electron chi connectivity index (χ0n) is 10.5. The van der Waals surface area contributed by atoms with Crippen LogP contribution in [0.15, 0.2) is 0 Å². The molecule has 0 radical (unpaired) electrons. The number of halogens is 3. The molecule has 0 saturated carbocycles. The van der Waals surface area contributed by atoms with Gasteiger partial charge in [-0.15, -0.1) is 0 Å². The van der Waals surface area contributed by atoms with Crippen LogP contribution in [0.3, 0.4) is 0 Å². The van der Waals surface area contributed by atoms with Crippen LogP contribution in [-0.2, 0) is 4.74 Å². The van der Waals surface area contributed by atoms with Gasteiger partial charge in [0.05, 0.1) is 12.7 Å². The summed E-state index contributed by atoms with van der Waals surface area (Å²) in [4.78, 5) is 1.46. The molecule has 3 nitrogen and oxygen atoms in total. The second-order valence-corrected chi connectivity index (χ2v) is 4.75. The van der Waals surface area contributed by atoms with Crippen molar-refractivity contribution in [1.82, 2.24) is 4.90 Å². The quantitative estimate of drug-likeness (QED) is 0.834. The fourth-order valence-electron chi connectivity index (χ4n) is 2.35. The molecule has 4 atom stereocenters. The van der Waals surface area contributed by atoms with E-state index >= 15 is 0 Å². The monoisotopic (exact) mass is 254 g/mol. The topological polar surface area (TPSA) is 38.5 Å². The molecule has 0 amide bonds. The summed E-state index contributed by atoms with van der Waals surface area (Å²) >= 11 is 0. The molecule has 6 heteroatoms. The van der Waals surface area contributed by atoms with Gasteiger partial charge in [-0.05, 0) is 20.3 Å². The lowest BCUT2D eigenvalue weighted by Crippen LogP contribution is -2.62. The van der Waals surface area contributed by atoms with Crippen LogP contribution >= 0.6 is 0 Å². The first-order valence-corrected chi connectivity index (χ1v) is 5.97. The lowest BCUT2D eigenvalue weighted by Gasteiger charge is -2.44. The van der Waals surface area contributed by atoms with E-state index in [0.29, 0.717) is 13.0 Å². The lowest BCUT2D eigenvalue weighted by molar-refractivity contribution is -0.211. The molecule has 0 aromatic carbocycles. The van der Waals surface area contributed by atoms with Gasteiger partial charge in [0.15, 0.2) is 0 Å². The van der Waals surface area contributed by atoms with Crippen molar-refractivity contribution in [3.8, 4) is 0 Å². The Bertz CT molecular complexity index is 245. The van der Waals surface area contributed by atoms with Crippen LogP contribution in [0.25, 0.3) is 0 Å². The first-order valence-electron chi connectivity index (χ1n) is 5.97. The summed E-state index contributed by atoms with van der Waals surface area (Å²) in [5.74, 6) is 0. The minimum absolute atomic E-state index is 0.179. The predicted molar refractivity (Wildman–Crippen MR) is 59.7 cm³/mol. The van der Waals surface area contributed by atoms with E-state index in [4.69, 9.17) is 10.5 Å². The first kappa shape index (κ1) is 14.7. The van der Waals surface area contributed by atoms with E-state index in [-0.39, 0.29) is 18.7 Å². The maximum atomic E-state index is 13.0. The highest BCUT2D eigenvalue weighted by molar-refractivity contribution is 4.91. The summed E-state index contributed by atoms with van der Waals surface area (Å²) in [6.07, 6.45) is -3.84. The van der Waals surface area contributed by atoms with Gasteiger partial charge >= 0.3 is 6.18 Å². The number of hydrogen-bond donors (Lipinski definition) is 1. The van der Waals surface area contributed by atoms with Gasteiger partial charge in [0.1, 0.15) is 6.04 Å². The molecule has 1 saturated heterocycles. The minimum Gasteiger partial charge on any atom is -0.376 e. The third-order valence-corrected chi connectivity index (χ3v) is 3.17. The van der Waals surface area contributed by atoms with Crippen LogP contribution in [0.5, 0.6) is 0 Å². The van der Waals surface area contributed by atoms with Gasteiger partial charge in [-0.1, -0.05) is 6.92 Å². The molecule has 102 valence electrons. The Morgan fingerprint density at radius 1 is 1.47 bits per heavy atom. The van der Waals surface area contributed by atoms with Gasteiger partial charge in [0.25, 0.3) is 0 Å². The van der Waals surface area contributed by atoms with Crippen LogP contribution in [0.1, 0.15) is 27.2 Å². The number of rotatable bonds is 3. The summed E-state index contributed by atoms with van der Waals surface area (Å²) in [6.45, 7) is 5.69. The largest absolute Gasteiger partial charge is 0.405 e. The van der Waals surface area contributed by atoms with E-state index in [2.05, 4.69) is 0 Å². The molecule has 0 bridgehead atoms. The Morgan fingerprint density at radius 2 is 2.06 bits per heavy atom. The van der Waals surface area contributed by atoms with E-state index in [1.165, 1.54) is 11.8 Å². The Hall–Kier alpha value is -0.330. The lowest BCUT2D eigenvalue weighted by atomic mass is 10.0. The first-order chi connectivity index (χ1) is 7.77. The van der Waals surface area contributed by atoms with Gasteiger partial charge < -0.3 is 10.5 Å². The molecule has 2 N–H and O–H groups in total. The molecule has 1 rings (SSSR count).